The van der Waals surface area contributed by atoms with E-state index in [-0.39, 0.29) is 17.9 Å². The van der Waals surface area contributed by atoms with Crippen LogP contribution in [0.25, 0.3) is 10.9 Å². The molecule has 2 amide bonds. The second-order valence-electron chi connectivity index (χ2n) is 9.07. The number of hydrogen-bond acceptors (Lipinski definition) is 6. The van der Waals surface area contributed by atoms with Gasteiger partial charge in [0.25, 0.3) is 11.8 Å². The summed E-state index contributed by atoms with van der Waals surface area (Å²) in [5.74, 6) is 0.000129. The molecule has 0 bridgehead atoms. The van der Waals surface area contributed by atoms with E-state index in [1.54, 1.807) is 23.5 Å². The molecule has 1 aliphatic heterocycles. The average molecular weight is 503 g/mol. The van der Waals surface area contributed by atoms with Crippen LogP contribution in [0.3, 0.4) is 0 Å². The summed E-state index contributed by atoms with van der Waals surface area (Å²) in [6.45, 7) is 6.06. The minimum Gasteiger partial charge on any atom is -0.369 e. The van der Waals surface area contributed by atoms with Gasteiger partial charge in [0.2, 0.25) is 0 Å². The molecule has 3 heterocycles. The Morgan fingerprint density at radius 1 is 1.03 bits per heavy atom. The number of benzene rings is 2. The lowest BCUT2D eigenvalue weighted by molar-refractivity contribution is 0.0935. The van der Waals surface area contributed by atoms with Gasteiger partial charge in [0.15, 0.2) is 5.82 Å². The normalized spacial score (nSPS) is 15.1. The van der Waals surface area contributed by atoms with Crippen LogP contribution in [-0.2, 0) is 0 Å². The molecular formula is C27H30N6O2S. The minimum atomic E-state index is -0.244. The third-order valence-corrected chi connectivity index (χ3v) is 7.64. The Balaban J connectivity index is 1.29. The van der Waals surface area contributed by atoms with Gasteiger partial charge in [0.1, 0.15) is 0 Å². The number of carbonyl (C=O) groups is 2. The van der Waals surface area contributed by atoms with Crippen molar-refractivity contribution in [3.05, 3.63) is 76.0 Å². The van der Waals surface area contributed by atoms with Gasteiger partial charge in [0, 0.05) is 53.3 Å². The number of H-pyrrole nitrogens is 1. The monoisotopic (exact) mass is 502 g/mol. The molecule has 5 rings (SSSR count). The molecule has 2 aromatic carbocycles. The first-order valence-electron chi connectivity index (χ1n) is 12.2. The van der Waals surface area contributed by atoms with E-state index in [9.17, 15) is 9.59 Å². The lowest BCUT2D eigenvalue weighted by atomic mass is 10.1. The summed E-state index contributed by atoms with van der Waals surface area (Å²) in [7, 11) is 2.13. The Labute approximate surface area is 214 Å². The highest BCUT2D eigenvalue weighted by atomic mass is 32.1. The van der Waals surface area contributed by atoms with E-state index in [0.29, 0.717) is 22.3 Å². The highest BCUT2D eigenvalue weighted by molar-refractivity contribution is 7.10. The molecule has 1 saturated heterocycles. The molecule has 1 aliphatic rings. The standard InChI is InChI=1S/C27H30N6O2S/c1-3-22(24-5-4-16-36-24)28-27(35)19-8-11-23-21(17-19)25(31-30-23)29-26(34)18-6-9-20(10-7-18)33-14-12-32(2)13-15-33/h4-11,16-17,22H,3,12-15H2,1-2H3,(H,28,35)(H2,29,30,31,34)/t22-/m0/s1. The van der Waals surface area contributed by atoms with Crippen LogP contribution in [-0.4, -0.2) is 60.1 Å². The van der Waals surface area contributed by atoms with Crippen LogP contribution in [0.5, 0.6) is 0 Å². The van der Waals surface area contributed by atoms with Crippen LogP contribution in [0, 0.1) is 0 Å². The number of rotatable bonds is 7. The van der Waals surface area contributed by atoms with Crippen molar-refractivity contribution in [2.24, 2.45) is 0 Å². The molecule has 3 N–H and O–H groups in total. The number of amides is 2. The molecule has 36 heavy (non-hydrogen) atoms. The number of likely N-dealkylation sites (N-methyl/N-ethyl adjacent to an activating group) is 1. The van der Waals surface area contributed by atoms with Gasteiger partial charge in [-0.3, -0.25) is 14.7 Å². The van der Waals surface area contributed by atoms with E-state index in [2.05, 4.69) is 44.6 Å². The van der Waals surface area contributed by atoms with Gasteiger partial charge in [-0.15, -0.1) is 11.3 Å². The van der Waals surface area contributed by atoms with Crippen LogP contribution >= 0.6 is 11.3 Å². The van der Waals surface area contributed by atoms with Crippen LogP contribution in [0.4, 0.5) is 11.5 Å². The molecule has 1 atom stereocenters. The fourth-order valence-corrected chi connectivity index (χ4v) is 5.29. The summed E-state index contributed by atoms with van der Waals surface area (Å²) < 4.78 is 0. The maximum Gasteiger partial charge on any atom is 0.256 e. The van der Waals surface area contributed by atoms with Crippen molar-refractivity contribution in [1.82, 2.24) is 20.4 Å². The van der Waals surface area contributed by atoms with E-state index >= 15 is 0 Å². The van der Waals surface area contributed by atoms with Gasteiger partial charge < -0.3 is 20.4 Å². The number of carbonyl (C=O) groups excluding carboxylic acids is 2. The number of piperazine rings is 1. The fourth-order valence-electron chi connectivity index (χ4n) is 4.42. The fraction of sp³-hybridized carbons (Fsp3) is 0.296. The van der Waals surface area contributed by atoms with E-state index in [4.69, 9.17) is 0 Å². The van der Waals surface area contributed by atoms with Crippen molar-refractivity contribution in [3.8, 4) is 0 Å². The SMILES string of the molecule is CC[C@H](NC(=O)c1ccc2[nH]nc(NC(=O)c3ccc(N4CCN(C)CC4)cc3)c2c1)c1cccs1. The molecule has 0 radical (unpaired) electrons. The van der Waals surface area contributed by atoms with E-state index in [1.807, 2.05) is 47.8 Å². The second kappa shape index (κ2) is 10.5. The maximum absolute atomic E-state index is 13.0. The average Bonchev–Trinajstić information content (AvgIpc) is 3.58. The van der Waals surface area contributed by atoms with Crippen LogP contribution in [0.2, 0.25) is 0 Å². The Bertz CT molecular complexity index is 1340. The first kappa shape index (κ1) is 24.0. The topological polar surface area (TPSA) is 93.4 Å². The molecule has 186 valence electrons. The second-order valence-corrected chi connectivity index (χ2v) is 10.1. The van der Waals surface area contributed by atoms with E-state index < -0.39 is 0 Å². The van der Waals surface area contributed by atoms with Crippen LogP contribution in [0.1, 0.15) is 45.0 Å². The predicted octanol–water partition coefficient (Wildman–Crippen LogP) is 4.51. The molecular weight excluding hydrogens is 472 g/mol. The molecule has 8 nitrogen and oxygen atoms in total. The lowest BCUT2D eigenvalue weighted by Gasteiger charge is -2.34. The number of nitrogens with zero attached hydrogens (tertiary/aromatic N) is 3. The van der Waals surface area contributed by atoms with Gasteiger partial charge in [-0.25, -0.2) is 0 Å². The molecule has 9 heteroatoms. The molecule has 0 spiro atoms. The highest BCUT2D eigenvalue weighted by Gasteiger charge is 2.18. The maximum atomic E-state index is 13.0. The van der Waals surface area contributed by atoms with E-state index in [0.717, 1.165) is 48.7 Å². The first-order chi connectivity index (χ1) is 17.5. The van der Waals surface area contributed by atoms with Crippen LogP contribution in [0.15, 0.2) is 60.0 Å². The summed E-state index contributed by atoms with van der Waals surface area (Å²) in [5.41, 5.74) is 2.94. The van der Waals surface area contributed by atoms with Gasteiger partial charge in [-0.05, 0) is 67.4 Å². The number of anilines is 2. The molecule has 4 aromatic rings. The molecule has 0 saturated carbocycles. The van der Waals surface area contributed by atoms with Gasteiger partial charge in [-0.1, -0.05) is 13.0 Å². The lowest BCUT2D eigenvalue weighted by Crippen LogP contribution is -2.44. The number of thiophene rings is 1. The summed E-state index contributed by atoms with van der Waals surface area (Å²) in [6, 6.07) is 17.0. The number of aromatic nitrogens is 2. The van der Waals surface area contributed by atoms with Crippen molar-refractivity contribution >= 4 is 45.6 Å². The third-order valence-electron chi connectivity index (χ3n) is 6.66. The smallest absolute Gasteiger partial charge is 0.256 e. The largest absolute Gasteiger partial charge is 0.369 e. The Morgan fingerprint density at radius 2 is 1.78 bits per heavy atom. The molecule has 0 aliphatic carbocycles. The van der Waals surface area contributed by atoms with Gasteiger partial charge in [-0.2, -0.15) is 5.10 Å². The highest BCUT2D eigenvalue weighted by Crippen LogP contribution is 2.25. The molecule has 1 fully saturated rings. The zero-order chi connectivity index (χ0) is 25.1. The summed E-state index contributed by atoms with van der Waals surface area (Å²) >= 11 is 1.63. The Kier molecular flexibility index (Phi) is 7.02. The number of hydrogen-bond donors (Lipinski definition) is 3. The number of nitrogens with one attached hydrogen (secondary N) is 3. The zero-order valence-corrected chi connectivity index (χ0v) is 21.3. The number of aromatic amines is 1. The van der Waals surface area contributed by atoms with Crippen molar-refractivity contribution < 1.29 is 9.59 Å². The van der Waals surface area contributed by atoms with Crippen molar-refractivity contribution in [1.29, 1.82) is 0 Å². The Morgan fingerprint density at radius 3 is 2.47 bits per heavy atom. The third kappa shape index (κ3) is 5.12. The van der Waals surface area contributed by atoms with E-state index in [1.165, 1.54) is 0 Å². The zero-order valence-electron chi connectivity index (χ0n) is 20.5. The van der Waals surface area contributed by atoms with Gasteiger partial charge >= 0.3 is 0 Å². The first-order valence-corrected chi connectivity index (χ1v) is 13.1. The van der Waals surface area contributed by atoms with Gasteiger partial charge in [0.05, 0.1) is 11.6 Å². The number of fused-ring (bicyclic) bond motifs is 1. The Hall–Kier alpha value is -3.69. The predicted molar refractivity (Wildman–Crippen MR) is 145 cm³/mol. The molecule has 0 unspecified atom stereocenters. The summed E-state index contributed by atoms with van der Waals surface area (Å²) in [6.07, 6.45) is 0.801. The van der Waals surface area contributed by atoms with Crippen molar-refractivity contribution in [3.63, 3.8) is 0 Å². The van der Waals surface area contributed by atoms with Crippen LogP contribution < -0.4 is 15.5 Å². The van der Waals surface area contributed by atoms with Crippen molar-refractivity contribution in [2.75, 3.05) is 43.4 Å². The minimum absolute atomic E-state index is 0.0365. The van der Waals surface area contributed by atoms with Crippen molar-refractivity contribution in [2.45, 2.75) is 19.4 Å². The summed E-state index contributed by atoms with van der Waals surface area (Å²) in [4.78, 5) is 31.7. The molecule has 2 aromatic heterocycles. The quantitative estimate of drug-likeness (QED) is 0.346. The summed E-state index contributed by atoms with van der Waals surface area (Å²) in [5, 5.41) is 15.9.